The summed E-state index contributed by atoms with van der Waals surface area (Å²) in [5, 5.41) is 8.80. The van der Waals surface area contributed by atoms with E-state index in [1.54, 1.807) is 18.6 Å². The molecular formula is C14H13FN2O. The highest BCUT2D eigenvalue weighted by atomic mass is 19.1. The van der Waals surface area contributed by atoms with E-state index in [2.05, 4.69) is 0 Å². The van der Waals surface area contributed by atoms with Crippen LogP contribution >= 0.6 is 0 Å². The largest absolute Gasteiger partial charge is 0.472 e. The molecule has 0 fully saturated rings. The van der Waals surface area contributed by atoms with Gasteiger partial charge >= 0.3 is 0 Å². The van der Waals surface area contributed by atoms with Crippen molar-refractivity contribution in [3.63, 3.8) is 0 Å². The SMILES string of the molecule is CN(Cc1ccoc1)Cc1cc(C#N)ccc1F. The number of furan rings is 1. The molecule has 1 aromatic heterocycles. The Morgan fingerprint density at radius 3 is 2.83 bits per heavy atom. The van der Waals surface area contributed by atoms with Crippen molar-refractivity contribution in [2.75, 3.05) is 7.05 Å². The van der Waals surface area contributed by atoms with Gasteiger partial charge in [0.05, 0.1) is 24.2 Å². The number of rotatable bonds is 4. The Hall–Kier alpha value is -2.12. The van der Waals surface area contributed by atoms with Gasteiger partial charge in [0.2, 0.25) is 0 Å². The van der Waals surface area contributed by atoms with Gasteiger partial charge in [0.15, 0.2) is 0 Å². The number of nitrogens with zero attached hydrogens (tertiary/aromatic N) is 2. The molecule has 0 aliphatic rings. The summed E-state index contributed by atoms with van der Waals surface area (Å²) < 4.78 is 18.6. The summed E-state index contributed by atoms with van der Waals surface area (Å²) in [6.07, 6.45) is 3.28. The van der Waals surface area contributed by atoms with E-state index in [1.165, 1.54) is 12.1 Å². The van der Waals surface area contributed by atoms with Gasteiger partial charge < -0.3 is 4.42 Å². The maximum atomic E-state index is 13.6. The Bertz CT molecular complexity index is 558. The molecule has 3 nitrogen and oxygen atoms in total. The predicted molar refractivity (Wildman–Crippen MR) is 65.0 cm³/mol. The number of hydrogen-bond acceptors (Lipinski definition) is 3. The van der Waals surface area contributed by atoms with E-state index < -0.39 is 0 Å². The van der Waals surface area contributed by atoms with Crippen molar-refractivity contribution in [3.05, 3.63) is 59.3 Å². The summed E-state index contributed by atoms with van der Waals surface area (Å²) in [5.41, 5.74) is 2.04. The highest BCUT2D eigenvalue weighted by Gasteiger charge is 2.08. The molecule has 92 valence electrons. The van der Waals surface area contributed by atoms with Crippen LogP contribution in [0.3, 0.4) is 0 Å². The third kappa shape index (κ3) is 2.96. The lowest BCUT2D eigenvalue weighted by molar-refractivity contribution is 0.312. The summed E-state index contributed by atoms with van der Waals surface area (Å²) in [6.45, 7) is 1.12. The van der Waals surface area contributed by atoms with Crippen LogP contribution < -0.4 is 0 Å². The molecule has 0 saturated heterocycles. The van der Waals surface area contributed by atoms with Crippen molar-refractivity contribution in [3.8, 4) is 6.07 Å². The minimum atomic E-state index is -0.284. The van der Waals surface area contributed by atoms with Crippen LogP contribution in [-0.4, -0.2) is 11.9 Å². The normalized spacial score (nSPS) is 10.6. The van der Waals surface area contributed by atoms with Crippen LogP contribution in [0.1, 0.15) is 16.7 Å². The Morgan fingerprint density at radius 1 is 1.33 bits per heavy atom. The van der Waals surface area contributed by atoms with Crippen LogP contribution in [0.2, 0.25) is 0 Å². The number of nitriles is 1. The molecule has 1 heterocycles. The molecule has 0 aliphatic carbocycles. The van der Waals surface area contributed by atoms with Crippen molar-refractivity contribution in [2.45, 2.75) is 13.1 Å². The fraction of sp³-hybridized carbons (Fsp3) is 0.214. The van der Waals surface area contributed by atoms with Gasteiger partial charge in [0.1, 0.15) is 5.82 Å². The Morgan fingerprint density at radius 2 is 2.17 bits per heavy atom. The predicted octanol–water partition coefficient (Wildman–Crippen LogP) is 2.92. The van der Waals surface area contributed by atoms with Gasteiger partial charge in [-0.1, -0.05) is 0 Å². The molecule has 4 heteroatoms. The third-order valence-electron chi connectivity index (χ3n) is 2.65. The fourth-order valence-corrected chi connectivity index (χ4v) is 1.81. The number of hydrogen-bond donors (Lipinski definition) is 0. The summed E-state index contributed by atoms with van der Waals surface area (Å²) >= 11 is 0. The Balaban J connectivity index is 2.07. The lowest BCUT2D eigenvalue weighted by atomic mass is 10.1. The molecule has 0 bridgehead atoms. The van der Waals surface area contributed by atoms with E-state index in [0.717, 1.165) is 5.56 Å². The summed E-state index contributed by atoms with van der Waals surface area (Å²) in [6, 6.07) is 8.29. The van der Waals surface area contributed by atoms with Crippen LogP contribution in [0.4, 0.5) is 4.39 Å². The lowest BCUT2D eigenvalue weighted by Gasteiger charge is -2.16. The number of benzene rings is 1. The Labute approximate surface area is 105 Å². The van der Waals surface area contributed by atoms with Crippen LogP contribution in [0, 0.1) is 17.1 Å². The van der Waals surface area contributed by atoms with Crippen molar-refractivity contribution in [1.29, 1.82) is 5.26 Å². The summed E-state index contributed by atoms with van der Waals surface area (Å²) in [7, 11) is 1.89. The van der Waals surface area contributed by atoms with Crippen molar-refractivity contribution >= 4 is 0 Å². The van der Waals surface area contributed by atoms with Gasteiger partial charge in [-0.3, -0.25) is 4.90 Å². The molecule has 0 spiro atoms. The van der Waals surface area contributed by atoms with E-state index in [9.17, 15) is 4.39 Å². The zero-order valence-corrected chi connectivity index (χ0v) is 10.1. The van der Waals surface area contributed by atoms with E-state index in [4.69, 9.17) is 9.68 Å². The Kier molecular flexibility index (Phi) is 3.75. The van der Waals surface area contributed by atoms with Gasteiger partial charge in [-0.2, -0.15) is 5.26 Å². The van der Waals surface area contributed by atoms with E-state index >= 15 is 0 Å². The molecule has 2 rings (SSSR count). The molecule has 0 unspecified atom stereocenters. The van der Waals surface area contributed by atoms with Crippen molar-refractivity contribution < 1.29 is 8.81 Å². The zero-order chi connectivity index (χ0) is 13.0. The van der Waals surface area contributed by atoms with E-state index in [-0.39, 0.29) is 5.82 Å². The molecule has 0 aliphatic heterocycles. The zero-order valence-electron chi connectivity index (χ0n) is 10.1. The smallest absolute Gasteiger partial charge is 0.127 e. The van der Waals surface area contributed by atoms with Crippen LogP contribution in [0.5, 0.6) is 0 Å². The average Bonchev–Trinajstić information content (AvgIpc) is 2.84. The molecule has 0 N–H and O–H groups in total. The first kappa shape index (κ1) is 12.3. The number of halogens is 1. The highest BCUT2D eigenvalue weighted by Crippen LogP contribution is 2.14. The van der Waals surface area contributed by atoms with Gasteiger partial charge in [0.25, 0.3) is 0 Å². The molecule has 0 amide bonds. The van der Waals surface area contributed by atoms with Crippen LogP contribution in [0.25, 0.3) is 0 Å². The van der Waals surface area contributed by atoms with Gasteiger partial charge in [-0.15, -0.1) is 0 Å². The second-order valence-electron chi connectivity index (χ2n) is 4.22. The van der Waals surface area contributed by atoms with E-state index in [1.807, 2.05) is 24.1 Å². The monoisotopic (exact) mass is 244 g/mol. The third-order valence-corrected chi connectivity index (χ3v) is 2.65. The minimum Gasteiger partial charge on any atom is -0.472 e. The molecule has 0 saturated carbocycles. The standard InChI is InChI=1S/C14H13FN2O/c1-17(8-12-4-5-18-10-12)9-13-6-11(7-16)2-3-14(13)15/h2-6,10H,8-9H2,1H3. The molecule has 18 heavy (non-hydrogen) atoms. The molecular weight excluding hydrogens is 231 g/mol. The average molecular weight is 244 g/mol. The first-order valence-corrected chi connectivity index (χ1v) is 5.57. The topological polar surface area (TPSA) is 40.2 Å². The van der Waals surface area contributed by atoms with Crippen LogP contribution in [0.15, 0.2) is 41.2 Å². The summed E-state index contributed by atoms with van der Waals surface area (Å²) in [4.78, 5) is 1.96. The van der Waals surface area contributed by atoms with Crippen molar-refractivity contribution in [1.82, 2.24) is 4.90 Å². The minimum absolute atomic E-state index is 0.284. The lowest BCUT2D eigenvalue weighted by Crippen LogP contribution is -2.17. The fourth-order valence-electron chi connectivity index (χ4n) is 1.81. The van der Waals surface area contributed by atoms with E-state index in [0.29, 0.717) is 24.2 Å². The second-order valence-corrected chi connectivity index (χ2v) is 4.22. The molecule has 1 aromatic carbocycles. The van der Waals surface area contributed by atoms with Gasteiger partial charge in [-0.25, -0.2) is 4.39 Å². The molecule has 2 aromatic rings. The van der Waals surface area contributed by atoms with Gasteiger partial charge in [-0.05, 0) is 31.3 Å². The first-order chi connectivity index (χ1) is 8.69. The maximum Gasteiger partial charge on any atom is 0.127 e. The van der Waals surface area contributed by atoms with Gasteiger partial charge in [0, 0.05) is 24.2 Å². The molecule has 0 atom stereocenters. The quantitative estimate of drug-likeness (QED) is 0.830. The molecule has 0 radical (unpaired) electrons. The van der Waals surface area contributed by atoms with Crippen molar-refractivity contribution in [2.24, 2.45) is 0 Å². The highest BCUT2D eigenvalue weighted by molar-refractivity contribution is 5.33. The first-order valence-electron chi connectivity index (χ1n) is 5.57. The second kappa shape index (κ2) is 5.48. The maximum absolute atomic E-state index is 13.6. The van der Waals surface area contributed by atoms with Crippen LogP contribution in [-0.2, 0) is 13.1 Å². The summed E-state index contributed by atoms with van der Waals surface area (Å²) in [5.74, 6) is -0.284.